The van der Waals surface area contributed by atoms with Crippen molar-refractivity contribution in [1.82, 2.24) is 0 Å². The van der Waals surface area contributed by atoms with Crippen molar-refractivity contribution in [3.8, 4) is 11.8 Å². The minimum Gasteiger partial charge on any atom is -0.250 e. The lowest BCUT2D eigenvalue weighted by molar-refractivity contribution is 0.0957. The van der Waals surface area contributed by atoms with Gasteiger partial charge >= 0.3 is 0 Å². The predicted octanol–water partition coefficient (Wildman–Crippen LogP) is 3.01. The zero-order valence-corrected chi connectivity index (χ0v) is 13.7. The number of hydrogen-bond acceptors (Lipinski definition) is 3. The molecule has 0 heterocycles. The summed E-state index contributed by atoms with van der Waals surface area (Å²) in [6.07, 6.45) is 5.72. The molecule has 0 aromatic carbocycles. The highest BCUT2D eigenvalue weighted by molar-refractivity contribution is 7.86. The molecule has 0 saturated heterocycles. The fraction of sp³-hybridized carbons (Fsp3) is 0.846. The van der Waals surface area contributed by atoms with Crippen molar-refractivity contribution in [2.45, 2.75) is 63.4 Å². The fourth-order valence-electron chi connectivity index (χ4n) is 2.11. The largest absolute Gasteiger partial charge is 0.265 e. The van der Waals surface area contributed by atoms with Gasteiger partial charge in [0.1, 0.15) is 5.60 Å². The van der Waals surface area contributed by atoms with Crippen molar-refractivity contribution >= 4 is 18.2 Å². The van der Waals surface area contributed by atoms with Crippen LogP contribution in [0.1, 0.15) is 32.1 Å². The van der Waals surface area contributed by atoms with E-state index in [9.17, 15) is 8.42 Å². The molecule has 0 N–H and O–H groups in total. The summed E-state index contributed by atoms with van der Waals surface area (Å²) in [5.41, 5.74) is -0.745. The molecule has 1 rings (SSSR count). The molecule has 1 aliphatic carbocycles. The van der Waals surface area contributed by atoms with Crippen LogP contribution in [-0.2, 0) is 14.3 Å². The molecular weight excluding hydrogens is 264 g/mol. The molecule has 0 amide bonds. The Balaban J connectivity index is 2.84. The Kier molecular flexibility index (Phi) is 5.04. The molecule has 1 aliphatic rings. The summed E-state index contributed by atoms with van der Waals surface area (Å²) in [5, 5.41) is 0. The summed E-state index contributed by atoms with van der Waals surface area (Å²) >= 11 is 0. The first-order valence-corrected chi connectivity index (χ1v) is 12.1. The summed E-state index contributed by atoms with van der Waals surface area (Å²) < 4.78 is 28.1. The van der Waals surface area contributed by atoms with E-state index < -0.39 is 23.8 Å². The average molecular weight is 288 g/mol. The van der Waals surface area contributed by atoms with E-state index in [0.29, 0.717) is 0 Å². The topological polar surface area (TPSA) is 43.4 Å². The van der Waals surface area contributed by atoms with Crippen LogP contribution in [0, 0.1) is 11.8 Å². The molecule has 3 nitrogen and oxygen atoms in total. The Labute approximate surface area is 112 Å². The molecule has 0 aliphatic heterocycles. The molecule has 0 aromatic heterocycles. The van der Waals surface area contributed by atoms with Gasteiger partial charge < -0.3 is 0 Å². The van der Waals surface area contributed by atoms with Crippen molar-refractivity contribution in [3.63, 3.8) is 0 Å². The van der Waals surface area contributed by atoms with Gasteiger partial charge in [-0.15, -0.1) is 5.92 Å². The Morgan fingerprint density at radius 3 is 2.17 bits per heavy atom. The Hall–Kier alpha value is -0.313. The molecule has 0 spiro atoms. The first-order valence-electron chi connectivity index (χ1n) is 6.53. The quantitative estimate of drug-likeness (QED) is 0.455. The van der Waals surface area contributed by atoms with Gasteiger partial charge in [-0.1, -0.05) is 32.0 Å². The van der Waals surface area contributed by atoms with Crippen LogP contribution < -0.4 is 0 Å². The maximum Gasteiger partial charge on any atom is 0.265 e. The highest BCUT2D eigenvalue weighted by Crippen LogP contribution is 2.32. The molecule has 0 aromatic rings. The van der Waals surface area contributed by atoms with E-state index in [0.717, 1.165) is 44.4 Å². The van der Waals surface area contributed by atoms with E-state index in [-0.39, 0.29) is 0 Å². The second kappa shape index (κ2) is 5.77. The van der Waals surface area contributed by atoms with Crippen LogP contribution in [0.2, 0.25) is 25.7 Å². The zero-order valence-electron chi connectivity index (χ0n) is 11.9. The highest BCUT2D eigenvalue weighted by atomic mass is 32.2. The third-order valence-corrected chi connectivity index (χ3v) is 4.77. The lowest BCUT2D eigenvalue weighted by atomic mass is 9.85. The maximum absolute atomic E-state index is 11.4. The van der Waals surface area contributed by atoms with Crippen molar-refractivity contribution in [2.75, 3.05) is 6.26 Å². The Morgan fingerprint density at radius 1 is 1.17 bits per heavy atom. The lowest BCUT2D eigenvalue weighted by Crippen LogP contribution is -2.35. The molecule has 0 bridgehead atoms. The van der Waals surface area contributed by atoms with Crippen LogP contribution >= 0.6 is 0 Å². The first kappa shape index (κ1) is 15.7. The standard InChI is InChI=1S/C13H24O3SSi/c1-17(14,15)16-13(9-6-5-7-10-13)11-8-12-18(2,3)4/h5-7,9-10,12H2,1-4H3. The highest BCUT2D eigenvalue weighted by Gasteiger charge is 2.34. The van der Waals surface area contributed by atoms with E-state index in [1.807, 2.05) is 0 Å². The van der Waals surface area contributed by atoms with Crippen molar-refractivity contribution in [2.24, 2.45) is 0 Å². The van der Waals surface area contributed by atoms with Gasteiger partial charge in [0.25, 0.3) is 10.1 Å². The van der Waals surface area contributed by atoms with E-state index in [4.69, 9.17) is 4.18 Å². The molecule has 5 heteroatoms. The molecular formula is C13H24O3SSi. The Morgan fingerprint density at radius 2 is 1.72 bits per heavy atom. The summed E-state index contributed by atoms with van der Waals surface area (Å²) in [5.74, 6) is 6.31. The first-order chi connectivity index (χ1) is 8.12. The minimum absolute atomic E-state index is 0.735. The van der Waals surface area contributed by atoms with E-state index in [1.54, 1.807) is 0 Å². The van der Waals surface area contributed by atoms with Gasteiger partial charge in [-0.25, -0.2) is 0 Å². The second-order valence-electron chi connectivity index (χ2n) is 6.38. The number of hydrogen-bond donors (Lipinski definition) is 0. The van der Waals surface area contributed by atoms with Crippen molar-refractivity contribution < 1.29 is 12.6 Å². The SMILES string of the molecule is C[Si](C)(C)CC#CC1(OS(C)(=O)=O)CCCCC1. The van der Waals surface area contributed by atoms with Crippen LogP contribution in [-0.4, -0.2) is 28.3 Å². The molecule has 104 valence electrons. The van der Waals surface area contributed by atoms with Crippen molar-refractivity contribution in [3.05, 3.63) is 0 Å². The van der Waals surface area contributed by atoms with Gasteiger partial charge in [0.15, 0.2) is 0 Å². The molecule has 0 radical (unpaired) electrons. The molecule has 1 saturated carbocycles. The normalized spacial score (nSPS) is 20.0. The van der Waals surface area contributed by atoms with Gasteiger partial charge in [0.2, 0.25) is 0 Å². The summed E-state index contributed by atoms with van der Waals surface area (Å²) in [4.78, 5) is 0. The van der Waals surface area contributed by atoms with Gasteiger partial charge in [0.05, 0.1) is 14.3 Å². The monoisotopic (exact) mass is 288 g/mol. The fourth-order valence-corrected chi connectivity index (χ4v) is 3.52. The van der Waals surface area contributed by atoms with E-state index in [1.165, 1.54) is 0 Å². The van der Waals surface area contributed by atoms with E-state index in [2.05, 4.69) is 31.5 Å². The van der Waals surface area contributed by atoms with E-state index >= 15 is 0 Å². The van der Waals surface area contributed by atoms with Crippen molar-refractivity contribution in [1.29, 1.82) is 0 Å². The van der Waals surface area contributed by atoms with Crippen LogP contribution in [0.4, 0.5) is 0 Å². The van der Waals surface area contributed by atoms with Gasteiger partial charge in [-0.3, -0.25) is 4.18 Å². The average Bonchev–Trinajstić information content (AvgIpc) is 2.13. The van der Waals surface area contributed by atoms with Crippen LogP contribution in [0.5, 0.6) is 0 Å². The second-order valence-corrected chi connectivity index (χ2v) is 13.4. The molecule has 1 fully saturated rings. The summed E-state index contributed by atoms with van der Waals surface area (Å²) in [7, 11) is -4.65. The molecule has 18 heavy (non-hydrogen) atoms. The van der Waals surface area contributed by atoms with Crippen LogP contribution in [0.3, 0.4) is 0 Å². The predicted molar refractivity (Wildman–Crippen MR) is 77.7 cm³/mol. The minimum atomic E-state index is -3.44. The lowest BCUT2D eigenvalue weighted by Gasteiger charge is -2.31. The summed E-state index contributed by atoms with van der Waals surface area (Å²) in [6.45, 7) is 6.77. The summed E-state index contributed by atoms with van der Waals surface area (Å²) in [6, 6.07) is 0.891. The van der Waals surface area contributed by atoms with Crippen LogP contribution in [0.25, 0.3) is 0 Å². The zero-order chi connectivity index (χ0) is 13.9. The van der Waals surface area contributed by atoms with Gasteiger partial charge in [0, 0.05) is 6.04 Å². The Bertz CT molecular complexity index is 431. The number of rotatable bonds is 3. The maximum atomic E-state index is 11.4. The smallest absolute Gasteiger partial charge is 0.250 e. The third kappa shape index (κ3) is 6.03. The molecule has 0 atom stereocenters. The van der Waals surface area contributed by atoms with Gasteiger partial charge in [-0.05, 0) is 25.7 Å². The molecule has 0 unspecified atom stereocenters. The van der Waals surface area contributed by atoms with Crippen LogP contribution in [0.15, 0.2) is 0 Å². The third-order valence-electron chi connectivity index (χ3n) is 2.91. The van der Waals surface area contributed by atoms with Gasteiger partial charge in [-0.2, -0.15) is 8.42 Å².